The van der Waals surface area contributed by atoms with Crippen LogP contribution in [0.2, 0.25) is 0 Å². The highest BCUT2D eigenvalue weighted by Gasteiger charge is 2.54. The summed E-state index contributed by atoms with van der Waals surface area (Å²) < 4.78 is 26.5. The van der Waals surface area contributed by atoms with E-state index < -0.39 is 6.55 Å². The molecule has 120 valence electrons. The van der Waals surface area contributed by atoms with Crippen molar-refractivity contribution in [3.8, 4) is 0 Å². The van der Waals surface area contributed by atoms with Gasteiger partial charge in [0.15, 0.2) is 0 Å². The van der Waals surface area contributed by atoms with Gasteiger partial charge < -0.3 is 4.90 Å². The second kappa shape index (κ2) is 4.77. The molecular formula is C16H21F2N3O. The molecule has 1 aromatic rings. The molecule has 4 saturated carbocycles. The maximum atomic E-state index is 13.0. The number of amides is 1. The summed E-state index contributed by atoms with van der Waals surface area (Å²) in [4.78, 5) is 14.5. The van der Waals surface area contributed by atoms with Crippen LogP contribution in [-0.4, -0.2) is 33.2 Å². The van der Waals surface area contributed by atoms with Crippen molar-refractivity contribution in [3.63, 3.8) is 0 Å². The summed E-state index contributed by atoms with van der Waals surface area (Å²) in [6.45, 7) is -2.78. The minimum absolute atomic E-state index is 0.00625. The molecule has 0 radical (unpaired) electrons. The molecule has 0 saturated heterocycles. The van der Waals surface area contributed by atoms with Gasteiger partial charge in [-0.2, -0.15) is 18.6 Å². The molecule has 6 heteroatoms. The average Bonchev–Trinajstić information content (AvgIpc) is 2.93. The van der Waals surface area contributed by atoms with Gasteiger partial charge in [0, 0.05) is 18.8 Å². The third kappa shape index (κ3) is 1.99. The Labute approximate surface area is 128 Å². The monoisotopic (exact) mass is 309 g/mol. The smallest absolute Gasteiger partial charge is 0.333 e. The lowest BCUT2D eigenvalue weighted by atomic mass is 9.52. The summed E-state index contributed by atoms with van der Waals surface area (Å²) in [5.41, 5.74) is -0.128. The van der Waals surface area contributed by atoms with Crippen molar-refractivity contribution >= 4 is 5.91 Å². The van der Waals surface area contributed by atoms with Crippen molar-refractivity contribution in [1.82, 2.24) is 14.7 Å². The molecule has 0 N–H and O–H groups in total. The highest BCUT2D eigenvalue weighted by molar-refractivity contribution is 5.93. The van der Waals surface area contributed by atoms with Gasteiger partial charge in [-0.25, -0.2) is 0 Å². The van der Waals surface area contributed by atoms with Gasteiger partial charge >= 0.3 is 6.55 Å². The highest BCUT2D eigenvalue weighted by Crippen LogP contribution is 2.57. The van der Waals surface area contributed by atoms with Crippen LogP contribution in [0.4, 0.5) is 8.78 Å². The summed E-state index contributed by atoms with van der Waals surface area (Å²) in [5.74, 6) is 1.81. The molecule has 4 fully saturated rings. The molecule has 0 aliphatic heterocycles. The van der Waals surface area contributed by atoms with Crippen LogP contribution in [0.3, 0.4) is 0 Å². The molecule has 22 heavy (non-hydrogen) atoms. The Hall–Kier alpha value is -1.46. The van der Waals surface area contributed by atoms with Crippen LogP contribution in [-0.2, 0) is 0 Å². The number of nitrogens with zero attached hydrogens (tertiary/aromatic N) is 3. The van der Waals surface area contributed by atoms with Gasteiger partial charge in [0.05, 0.1) is 0 Å². The summed E-state index contributed by atoms with van der Waals surface area (Å²) in [7, 11) is 1.79. The molecule has 4 aliphatic rings. The lowest BCUT2D eigenvalue weighted by molar-refractivity contribution is -0.0673. The van der Waals surface area contributed by atoms with Gasteiger partial charge in [0.2, 0.25) is 0 Å². The molecule has 0 unspecified atom stereocenters. The van der Waals surface area contributed by atoms with Gasteiger partial charge in [-0.1, -0.05) is 0 Å². The second-order valence-electron chi connectivity index (χ2n) is 7.44. The fourth-order valence-electron chi connectivity index (χ4n) is 5.50. The van der Waals surface area contributed by atoms with E-state index in [4.69, 9.17) is 0 Å². The number of hydrogen-bond acceptors (Lipinski definition) is 2. The van der Waals surface area contributed by atoms with Crippen LogP contribution in [0.5, 0.6) is 0 Å². The minimum atomic E-state index is -2.78. The van der Waals surface area contributed by atoms with Crippen LogP contribution in [0, 0.1) is 17.8 Å². The quantitative estimate of drug-likeness (QED) is 0.859. The zero-order valence-electron chi connectivity index (χ0n) is 12.7. The molecule has 0 spiro atoms. The maximum absolute atomic E-state index is 13.0. The second-order valence-corrected chi connectivity index (χ2v) is 7.44. The van der Waals surface area contributed by atoms with E-state index in [9.17, 15) is 13.6 Å². The molecule has 1 amide bonds. The van der Waals surface area contributed by atoms with E-state index in [-0.39, 0.29) is 17.1 Å². The third-order valence-electron chi connectivity index (χ3n) is 6.10. The number of halogens is 2. The molecule has 1 heterocycles. The van der Waals surface area contributed by atoms with E-state index in [0.29, 0.717) is 22.4 Å². The number of carbonyl (C=O) groups is 1. The normalized spacial score (nSPS) is 36.1. The fraction of sp³-hybridized carbons (Fsp3) is 0.750. The Bertz CT molecular complexity index is 563. The predicted octanol–water partition coefficient (Wildman–Crippen LogP) is 3.32. The van der Waals surface area contributed by atoms with Gasteiger partial charge in [-0.05, 0) is 62.3 Å². The van der Waals surface area contributed by atoms with Crippen LogP contribution in [0.1, 0.15) is 55.6 Å². The first-order chi connectivity index (χ1) is 10.5. The van der Waals surface area contributed by atoms with Gasteiger partial charge in [0.25, 0.3) is 5.91 Å². The summed E-state index contributed by atoms with van der Waals surface area (Å²) >= 11 is 0. The predicted molar refractivity (Wildman–Crippen MR) is 76.5 cm³/mol. The van der Waals surface area contributed by atoms with E-state index in [1.807, 2.05) is 0 Å². The Balaban J connectivity index is 1.62. The third-order valence-corrected chi connectivity index (χ3v) is 6.10. The highest BCUT2D eigenvalue weighted by atomic mass is 19.3. The molecule has 0 aromatic carbocycles. The topological polar surface area (TPSA) is 38.1 Å². The molecule has 4 nitrogen and oxygen atoms in total. The number of carbonyl (C=O) groups excluding carboxylic acids is 1. The van der Waals surface area contributed by atoms with Gasteiger partial charge in [-0.3, -0.25) is 4.79 Å². The Morgan fingerprint density at radius 1 is 1.27 bits per heavy atom. The lowest BCUT2D eigenvalue weighted by Crippen LogP contribution is -2.60. The van der Waals surface area contributed by atoms with E-state index in [0.717, 1.165) is 19.3 Å². The standard InChI is InChI=1S/C16H21F2N3O/c1-20(14(22)13-2-3-19-21(13)15(17)18)16-7-10-4-11(8-16)6-12(5-10)9-16/h2-3,10-12,15H,4-9H2,1H3. The number of aromatic nitrogens is 2. The van der Waals surface area contributed by atoms with E-state index >= 15 is 0 Å². The summed E-state index contributed by atoms with van der Waals surface area (Å²) in [5, 5.41) is 3.58. The van der Waals surface area contributed by atoms with Crippen LogP contribution in [0.15, 0.2) is 12.3 Å². The first-order valence-electron chi connectivity index (χ1n) is 8.08. The zero-order valence-corrected chi connectivity index (χ0v) is 12.7. The average molecular weight is 309 g/mol. The molecule has 4 bridgehead atoms. The fourth-order valence-corrected chi connectivity index (χ4v) is 5.50. The van der Waals surface area contributed by atoms with Gasteiger partial charge in [0.1, 0.15) is 5.69 Å². The number of hydrogen-bond donors (Lipinski definition) is 0. The summed E-state index contributed by atoms with van der Waals surface area (Å²) in [6.07, 6.45) is 8.23. The Morgan fingerprint density at radius 2 is 1.82 bits per heavy atom. The number of rotatable bonds is 3. The first-order valence-corrected chi connectivity index (χ1v) is 8.08. The van der Waals surface area contributed by atoms with Crippen molar-refractivity contribution in [3.05, 3.63) is 18.0 Å². The van der Waals surface area contributed by atoms with Crippen LogP contribution >= 0.6 is 0 Å². The van der Waals surface area contributed by atoms with Crippen molar-refractivity contribution in [1.29, 1.82) is 0 Å². The van der Waals surface area contributed by atoms with Gasteiger partial charge in [-0.15, -0.1) is 0 Å². The van der Waals surface area contributed by atoms with Crippen molar-refractivity contribution < 1.29 is 13.6 Å². The first kappa shape index (κ1) is 14.2. The SMILES string of the molecule is CN(C(=O)c1ccnn1C(F)F)C12CC3CC(CC(C3)C1)C2. The number of alkyl halides is 2. The minimum Gasteiger partial charge on any atom is -0.335 e. The molecule has 0 atom stereocenters. The maximum Gasteiger partial charge on any atom is 0.333 e. The van der Waals surface area contributed by atoms with E-state index in [1.165, 1.54) is 31.5 Å². The van der Waals surface area contributed by atoms with Crippen LogP contribution in [0.25, 0.3) is 0 Å². The molecular weight excluding hydrogens is 288 g/mol. The van der Waals surface area contributed by atoms with Crippen LogP contribution < -0.4 is 0 Å². The van der Waals surface area contributed by atoms with Crippen molar-refractivity contribution in [2.24, 2.45) is 17.8 Å². The van der Waals surface area contributed by atoms with Crippen molar-refractivity contribution in [2.45, 2.75) is 50.6 Å². The molecule has 1 aromatic heterocycles. The zero-order chi connectivity index (χ0) is 15.5. The van der Waals surface area contributed by atoms with Crippen molar-refractivity contribution in [2.75, 3.05) is 7.05 Å². The molecule has 5 rings (SSSR count). The summed E-state index contributed by atoms with van der Waals surface area (Å²) in [6, 6.07) is 1.39. The van der Waals surface area contributed by atoms with E-state index in [2.05, 4.69) is 5.10 Å². The largest absolute Gasteiger partial charge is 0.335 e. The molecule has 4 aliphatic carbocycles. The lowest BCUT2D eigenvalue weighted by Gasteiger charge is -2.59. The van der Waals surface area contributed by atoms with E-state index in [1.54, 1.807) is 11.9 Å². The Morgan fingerprint density at radius 3 is 2.32 bits per heavy atom. The Kier molecular flexibility index (Phi) is 3.07.